The van der Waals surface area contributed by atoms with E-state index < -0.39 is 5.97 Å². The van der Waals surface area contributed by atoms with Crippen LogP contribution in [0, 0.1) is 5.92 Å². The molecule has 6 nitrogen and oxygen atoms in total. The van der Waals surface area contributed by atoms with Crippen molar-refractivity contribution in [3.63, 3.8) is 0 Å². The first-order valence-corrected chi connectivity index (χ1v) is 7.32. The molecule has 0 saturated heterocycles. The van der Waals surface area contributed by atoms with Gasteiger partial charge in [-0.25, -0.2) is 4.79 Å². The van der Waals surface area contributed by atoms with Gasteiger partial charge in [0.2, 0.25) is 5.76 Å². The van der Waals surface area contributed by atoms with Crippen molar-refractivity contribution in [3.8, 4) is 0 Å². The van der Waals surface area contributed by atoms with Gasteiger partial charge in [-0.1, -0.05) is 0 Å². The van der Waals surface area contributed by atoms with E-state index in [0.717, 1.165) is 25.7 Å². The zero-order valence-corrected chi connectivity index (χ0v) is 12.1. The smallest absolute Gasteiger partial charge is 0.371 e. The highest BCUT2D eigenvalue weighted by molar-refractivity contribution is 5.84. The van der Waals surface area contributed by atoms with Crippen LogP contribution in [-0.2, 0) is 16.1 Å². The summed E-state index contributed by atoms with van der Waals surface area (Å²) in [5, 5.41) is 12.1. The van der Waals surface area contributed by atoms with E-state index in [1.807, 2.05) is 6.92 Å². The first kappa shape index (κ1) is 15.6. The third kappa shape index (κ3) is 4.32. The van der Waals surface area contributed by atoms with Crippen LogP contribution >= 0.6 is 0 Å². The minimum atomic E-state index is -1.06. The van der Waals surface area contributed by atoms with Crippen molar-refractivity contribution in [3.05, 3.63) is 23.7 Å². The van der Waals surface area contributed by atoms with Crippen LogP contribution in [0.5, 0.6) is 0 Å². The van der Waals surface area contributed by atoms with E-state index in [1.54, 1.807) is 6.07 Å². The van der Waals surface area contributed by atoms with Crippen LogP contribution in [0.2, 0.25) is 0 Å². The molecule has 0 aliphatic heterocycles. The molecule has 1 saturated carbocycles. The lowest BCUT2D eigenvalue weighted by Crippen LogP contribution is -2.35. The summed E-state index contributed by atoms with van der Waals surface area (Å²) < 4.78 is 10.2. The lowest BCUT2D eigenvalue weighted by atomic mass is 9.86. The molecule has 0 unspecified atom stereocenters. The molecular weight excluding hydrogens is 274 g/mol. The number of ether oxygens (including phenoxy) is 1. The van der Waals surface area contributed by atoms with Gasteiger partial charge in [0.15, 0.2) is 0 Å². The molecule has 0 aromatic carbocycles. The number of aromatic carboxylic acids is 1. The number of carbonyl (C=O) groups excluding carboxylic acids is 1. The maximum Gasteiger partial charge on any atom is 0.371 e. The Hall–Kier alpha value is -1.82. The largest absolute Gasteiger partial charge is 0.475 e. The molecule has 2 N–H and O–H groups in total. The summed E-state index contributed by atoms with van der Waals surface area (Å²) in [6.07, 6.45) is 3.48. The van der Waals surface area contributed by atoms with Crippen LogP contribution in [0.3, 0.4) is 0 Å². The third-order valence-corrected chi connectivity index (χ3v) is 3.78. The van der Waals surface area contributed by atoms with Crippen LogP contribution in [-0.4, -0.2) is 29.7 Å². The molecule has 0 bridgehead atoms. The Bertz CT molecular complexity index is 488. The molecular formula is C15H21NO5. The fourth-order valence-corrected chi connectivity index (χ4v) is 2.63. The molecule has 116 valence electrons. The molecule has 1 aliphatic carbocycles. The molecule has 21 heavy (non-hydrogen) atoms. The number of esters is 1. The van der Waals surface area contributed by atoms with Crippen LogP contribution in [0.1, 0.15) is 48.9 Å². The molecule has 1 heterocycles. The van der Waals surface area contributed by atoms with Gasteiger partial charge in [0.05, 0.1) is 19.1 Å². The van der Waals surface area contributed by atoms with E-state index in [-0.39, 0.29) is 17.6 Å². The summed E-state index contributed by atoms with van der Waals surface area (Å²) in [5.41, 5.74) is 0. The second-order valence-electron chi connectivity index (χ2n) is 5.25. The van der Waals surface area contributed by atoms with Crippen molar-refractivity contribution in [2.45, 2.75) is 45.2 Å². The Morgan fingerprint density at radius 3 is 2.62 bits per heavy atom. The van der Waals surface area contributed by atoms with Gasteiger partial charge in [-0.05, 0) is 44.7 Å². The average Bonchev–Trinajstić information content (AvgIpc) is 2.95. The topological polar surface area (TPSA) is 88.8 Å². The number of hydrogen-bond acceptors (Lipinski definition) is 5. The lowest BCUT2D eigenvalue weighted by molar-refractivity contribution is -0.149. The van der Waals surface area contributed by atoms with Crippen LogP contribution in [0.15, 0.2) is 16.5 Å². The van der Waals surface area contributed by atoms with Crippen LogP contribution in [0.25, 0.3) is 0 Å². The second-order valence-corrected chi connectivity index (χ2v) is 5.25. The van der Waals surface area contributed by atoms with Crippen molar-refractivity contribution in [2.24, 2.45) is 5.92 Å². The molecule has 0 spiro atoms. The summed E-state index contributed by atoms with van der Waals surface area (Å²) in [5.74, 6) is -0.563. The van der Waals surface area contributed by atoms with Crippen molar-refractivity contribution in [2.75, 3.05) is 6.61 Å². The van der Waals surface area contributed by atoms with Gasteiger partial charge in [-0.2, -0.15) is 0 Å². The minimum Gasteiger partial charge on any atom is -0.475 e. The number of nitrogens with one attached hydrogen (secondary N) is 1. The summed E-state index contributed by atoms with van der Waals surface area (Å²) in [6, 6.07) is 3.45. The molecule has 1 aromatic heterocycles. The van der Waals surface area contributed by atoms with Gasteiger partial charge >= 0.3 is 11.9 Å². The van der Waals surface area contributed by atoms with Crippen LogP contribution in [0.4, 0.5) is 0 Å². The highest BCUT2D eigenvalue weighted by Crippen LogP contribution is 2.25. The number of hydrogen-bond donors (Lipinski definition) is 2. The molecule has 0 amide bonds. The SMILES string of the molecule is CCOC(=O)C1CCC(NCc2ccc(C(=O)O)o2)CC1. The van der Waals surface area contributed by atoms with Crippen LogP contribution < -0.4 is 5.32 Å². The third-order valence-electron chi connectivity index (χ3n) is 3.78. The fraction of sp³-hybridized carbons (Fsp3) is 0.600. The Kier molecular flexibility index (Phi) is 5.38. The summed E-state index contributed by atoms with van der Waals surface area (Å²) in [7, 11) is 0. The predicted molar refractivity (Wildman–Crippen MR) is 74.9 cm³/mol. The molecule has 1 fully saturated rings. The molecule has 0 radical (unpaired) electrons. The van der Waals surface area contributed by atoms with E-state index in [1.165, 1.54) is 6.07 Å². The number of furan rings is 1. The summed E-state index contributed by atoms with van der Waals surface area (Å²) >= 11 is 0. The fourth-order valence-electron chi connectivity index (χ4n) is 2.63. The van der Waals surface area contributed by atoms with Gasteiger partial charge < -0.3 is 19.6 Å². The molecule has 0 atom stereocenters. The Morgan fingerprint density at radius 2 is 2.05 bits per heavy atom. The maximum absolute atomic E-state index is 11.6. The molecule has 2 rings (SSSR count). The quantitative estimate of drug-likeness (QED) is 0.782. The van der Waals surface area contributed by atoms with E-state index in [2.05, 4.69) is 5.32 Å². The molecule has 1 aliphatic rings. The average molecular weight is 295 g/mol. The second kappa shape index (κ2) is 7.26. The number of carbonyl (C=O) groups is 2. The van der Waals surface area contributed by atoms with Crippen molar-refractivity contribution >= 4 is 11.9 Å². The zero-order chi connectivity index (χ0) is 15.2. The standard InChI is InChI=1S/C15H21NO5/c1-2-20-15(19)10-3-5-11(6-4-10)16-9-12-7-8-13(21-12)14(17)18/h7-8,10-11,16H,2-6,9H2,1H3,(H,17,18). The molecule has 6 heteroatoms. The van der Waals surface area contributed by atoms with Gasteiger partial charge in [-0.15, -0.1) is 0 Å². The predicted octanol–water partition coefficient (Wildman–Crippen LogP) is 2.19. The number of carboxylic acids is 1. The Labute approximate surface area is 123 Å². The minimum absolute atomic E-state index is 0.0187. The van der Waals surface area contributed by atoms with Crippen molar-refractivity contribution < 1.29 is 23.8 Å². The van der Waals surface area contributed by atoms with Gasteiger partial charge in [0.25, 0.3) is 0 Å². The Balaban J connectivity index is 1.73. The first-order valence-electron chi connectivity index (χ1n) is 7.32. The Morgan fingerprint density at radius 1 is 1.33 bits per heavy atom. The molecule has 1 aromatic rings. The highest BCUT2D eigenvalue weighted by atomic mass is 16.5. The lowest BCUT2D eigenvalue weighted by Gasteiger charge is -2.27. The van der Waals surface area contributed by atoms with E-state index in [0.29, 0.717) is 25.0 Å². The maximum atomic E-state index is 11.6. The summed E-state index contributed by atoms with van der Waals surface area (Å²) in [6.45, 7) is 2.75. The first-order chi connectivity index (χ1) is 10.1. The van der Waals surface area contributed by atoms with Crippen molar-refractivity contribution in [1.82, 2.24) is 5.32 Å². The number of carboxylic acid groups (broad SMARTS) is 1. The normalized spacial score (nSPS) is 22.0. The van der Waals surface area contributed by atoms with E-state index >= 15 is 0 Å². The van der Waals surface area contributed by atoms with Gasteiger partial charge in [0, 0.05) is 6.04 Å². The monoisotopic (exact) mass is 295 g/mol. The van der Waals surface area contributed by atoms with Crippen molar-refractivity contribution in [1.29, 1.82) is 0 Å². The van der Waals surface area contributed by atoms with E-state index in [9.17, 15) is 9.59 Å². The van der Waals surface area contributed by atoms with Gasteiger partial charge in [0.1, 0.15) is 5.76 Å². The zero-order valence-electron chi connectivity index (χ0n) is 12.1. The van der Waals surface area contributed by atoms with E-state index in [4.69, 9.17) is 14.3 Å². The van der Waals surface area contributed by atoms with Gasteiger partial charge in [-0.3, -0.25) is 4.79 Å². The highest BCUT2D eigenvalue weighted by Gasteiger charge is 2.27. The number of rotatable bonds is 6. The summed E-state index contributed by atoms with van der Waals surface area (Å²) in [4.78, 5) is 22.4.